The molecule has 0 saturated carbocycles. The molecule has 0 unspecified atom stereocenters. The van der Waals surface area contributed by atoms with Crippen molar-refractivity contribution in [2.75, 3.05) is 6.79 Å². The van der Waals surface area contributed by atoms with Crippen molar-refractivity contribution in [3.8, 4) is 22.8 Å². The molecule has 0 radical (unpaired) electrons. The summed E-state index contributed by atoms with van der Waals surface area (Å²) in [6, 6.07) is 13.3. The Bertz CT molecular complexity index is 912. The van der Waals surface area contributed by atoms with Crippen molar-refractivity contribution < 1.29 is 9.47 Å². The van der Waals surface area contributed by atoms with E-state index < -0.39 is 0 Å². The number of fused-ring (bicyclic) bond motifs is 3. The predicted molar refractivity (Wildman–Crippen MR) is 80.9 cm³/mol. The molecule has 0 saturated heterocycles. The zero-order valence-electron chi connectivity index (χ0n) is 11.5. The molecule has 0 atom stereocenters. The van der Waals surface area contributed by atoms with Gasteiger partial charge in [0.1, 0.15) is 0 Å². The second kappa shape index (κ2) is 4.38. The Kier molecular flexibility index (Phi) is 2.51. The van der Waals surface area contributed by atoms with E-state index in [0.29, 0.717) is 16.9 Å². The highest BCUT2D eigenvalue weighted by atomic mass is 16.7. The third-order valence-corrected chi connectivity index (χ3v) is 3.66. The molecule has 0 aliphatic carbocycles. The van der Waals surface area contributed by atoms with Crippen LogP contribution in [-0.4, -0.2) is 11.8 Å². The van der Waals surface area contributed by atoms with Crippen LogP contribution in [0.2, 0.25) is 0 Å². The third kappa shape index (κ3) is 1.88. The zero-order valence-corrected chi connectivity index (χ0v) is 11.5. The molecule has 3 aromatic rings. The smallest absolute Gasteiger partial charge is 0.231 e. The maximum absolute atomic E-state index is 12.5. The second-order valence-corrected chi connectivity index (χ2v) is 5.14. The maximum Gasteiger partial charge on any atom is 0.231 e. The topological polar surface area (TPSA) is 51.3 Å². The van der Waals surface area contributed by atoms with Crippen molar-refractivity contribution in [1.29, 1.82) is 0 Å². The maximum atomic E-state index is 12.5. The minimum absolute atomic E-state index is 0.0670. The summed E-state index contributed by atoms with van der Waals surface area (Å²) in [5.41, 5.74) is 3.63. The Labute approximate surface area is 121 Å². The summed E-state index contributed by atoms with van der Waals surface area (Å²) in [6.07, 6.45) is 0. The van der Waals surface area contributed by atoms with Gasteiger partial charge in [-0.05, 0) is 30.7 Å². The molecule has 21 heavy (non-hydrogen) atoms. The molecule has 2 aromatic carbocycles. The summed E-state index contributed by atoms with van der Waals surface area (Å²) >= 11 is 0. The van der Waals surface area contributed by atoms with E-state index in [1.807, 2.05) is 43.3 Å². The largest absolute Gasteiger partial charge is 0.454 e. The quantitative estimate of drug-likeness (QED) is 0.744. The summed E-state index contributed by atoms with van der Waals surface area (Å²) in [5.74, 6) is 1.15. The predicted octanol–water partition coefficient (Wildman–Crippen LogP) is 3.23. The average molecular weight is 279 g/mol. The molecule has 0 bridgehead atoms. The lowest BCUT2D eigenvalue weighted by molar-refractivity contribution is 0.175. The first-order chi connectivity index (χ1) is 10.2. The second-order valence-electron chi connectivity index (χ2n) is 5.14. The van der Waals surface area contributed by atoms with Gasteiger partial charge in [0.25, 0.3) is 0 Å². The number of nitrogens with one attached hydrogen (secondary N) is 1. The van der Waals surface area contributed by atoms with Crippen molar-refractivity contribution in [2.24, 2.45) is 0 Å². The van der Waals surface area contributed by atoms with E-state index in [-0.39, 0.29) is 12.2 Å². The lowest BCUT2D eigenvalue weighted by Gasteiger charge is -2.07. The van der Waals surface area contributed by atoms with Crippen molar-refractivity contribution in [2.45, 2.75) is 6.92 Å². The molecule has 0 spiro atoms. The van der Waals surface area contributed by atoms with Gasteiger partial charge < -0.3 is 14.5 Å². The molecule has 1 aliphatic heterocycles. The van der Waals surface area contributed by atoms with Crippen LogP contribution in [0.1, 0.15) is 5.56 Å². The fourth-order valence-electron chi connectivity index (χ4n) is 2.67. The van der Waals surface area contributed by atoms with Crippen LogP contribution in [0.15, 0.2) is 47.3 Å². The van der Waals surface area contributed by atoms with Gasteiger partial charge in [-0.1, -0.05) is 23.8 Å². The number of H-pyrrole nitrogens is 1. The number of aromatic amines is 1. The molecule has 0 fully saturated rings. The number of pyridine rings is 1. The number of hydrogen-bond acceptors (Lipinski definition) is 3. The van der Waals surface area contributed by atoms with Crippen LogP contribution in [0.25, 0.3) is 22.2 Å². The van der Waals surface area contributed by atoms with E-state index in [4.69, 9.17) is 9.47 Å². The van der Waals surface area contributed by atoms with E-state index in [0.717, 1.165) is 22.3 Å². The highest BCUT2D eigenvalue weighted by molar-refractivity contribution is 5.89. The molecule has 4 rings (SSSR count). The number of rotatable bonds is 1. The van der Waals surface area contributed by atoms with Gasteiger partial charge in [0.05, 0.1) is 10.9 Å². The summed E-state index contributed by atoms with van der Waals surface area (Å²) in [6.45, 7) is 2.19. The average Bonchev–Trinajstić information content (AvgIpc) is 2.95. The van der Waals surface area contributed by atoms with Crippen LogP contribution in [0, 0.1) is 6.92 Å². The van der Waals surface area contributed by atoms with Gasteiger partial charge in [-0.15, -0.1) is 0 Å². The highest BCUT2D eigenvalue weighted by Crippen LogP contribution is 2.37. The van der Waals surface area contributed by atoms with Gasteiger partial charge in [-0.2, -0.15) is 0 Å². The van der Waals surface area contributed by atoms with Crippen LogP contribution in [-0.2, 0) is 0 Å². The number of aryl methyl sites for hydroxylation is 1. The highest BCUT2D eigenvalue weighted by Gasteiger charge is 2.19. The van der Waals surface area contributed by atoms with Gasteiger partial charge in [0.2, 0.25) is 6.79 Å². The van der Waals surface area contributed by atoms with Gasteiger partial charge in [0.15, 0.2) is 16.9 Å². The molecule has 0 amide bonds. The summed E-state index contributed by atoms with van der Waals surface area (Å²) in [7, 11) is 0. The fraction of sp³-hybridized carbons (Fsp3) is 0.118. The Hall–Kier alpha value is -2.75. The molecule has 104 valence electrons. The molecular weight excluding hydrogens is 266 g/mol. The standard InChI is InChI=1S/C17H13NO3/c1-10-3-2-4-11(7-10)13-8-14(19)16-12(18-13)5-6-15-17(16)21-9-20-15/h2-8H,9H2,1H3,(H,18,19). The Morgan fingerprint density at radius 2 is 2.00 bits per heavy atom. The van der Waals surface area contributed by atoms with E-state index >= 15 is 0 Å². The first kappa shape index (κ1) is 12.0. The number of hydrogen-bond donors (Lipinski definition) is 1. The van der Waals surface area contributed by atoms with Crippen molar-refractivity contribution in [3.63, 3.8) is 0 Å². The molecule has 4 nitrogen and oxygen atoms in total. The summed E-state index contributed by atoms with van der Waals surface area (Å²) < 4.78 is 10.7. The fourth-order valence-corrected chi connectivity index (χ4v) is 2.67. The third-order valence-electron chi connectivity index (χ3n) is 3.66. The van der Waals surface area contributed by atoms with E-state index in [1.165, 1.54) is 0 Å². The van der Waals surface area contributed by atoms with Crippen LogP contribution in [0.3, 0.4) is 0 Å². The lowest BCUT2D eigenvalue weighted by atomic mass is 10.1. The molecule has 2 heterocycles. The molecule has 1 N–H and O–H groups in total. The minimum Gasteiger partial charge on any atom is -0.454 e. The minimum atomic E-state index is -0.0670. The van der Waals surface area contributed by atoms with Crippen molar-refractivity contribution >= 4 is 10.9 Å². The normalized spacial score (nSPS) is 12.8. The van der Waals surface area contributed by atoms with E-state index in [9.17, 15) is 4.79 Å². The van der Waals surface area contributed by atoms with Crippen molar-refractivity contribution in [3.05, 3.63) is 58.3 Å². The van der Waals surface area contributed by atoms with Crippen molar-refractivity contribution in [1.82, 2.24) is 4.98 Å². The number of benzene rings is 2. The Balaban J connectivity index is 1.99. The van der Waals surface area contributed by atoms with Gasteiger partial charge >= 0.3 is 0 Å². The monoisotopic (exact) mass is 279 g/mol. The first-order valence-corrected chi connectivity index (χ1v) is 6.75. The summed E-state index contributed by atoms with van der Waals surface area (Å²) in [4.78, 5) is 15.8. The zero-order chi connectivity index (χ0) is 14.4. The van der Waals surface area contributed by atoms with Crippen LogP contribution < -0.4 is 14.9 Å². The van der Waals surface area contributed by atoms with E-state index in [2.05, 4.69) is 4.98 Å². The van der Waals surface area contributed by atoms with Gasteiger partial charge in [-0.3, -0.25) is 4.79 Å². The number of aromatic nitrogens is 1. The van der Waals surface area contributed by atoms with E-state index in [1.54, 1.807) is 6.07 Å². The molecule has 1 aromatic heterocycles. The molecule has 1 aliphatic rings. The first-order valence-electron chi connectivity index (χ1n) is 6.75. The van der Waals surface area contributed by atoms with Gasteiger partial charge in [0, 0.05) is 11.8 Å². The van der Waals surface area contributed by atoms with Crippen LogP contribution >= 0.6 is 0 Å². The molecular formula is C17H13NO3. The van der Waals surface area contributed by atoms with Crippen LogP contribution in [0.5, 0.6) is 11.5 Å². The summed E-state index contributed by atoms with van der Waals surface area (Å²) in [5, 5.41) is 0.543. The SMILES string of the molecule is Cc1cccc(-c2cc(=O)c3c4c(ccc3[nH]2)OCO4)c1. The Morgan fingerprint density at radius 1 is 1.10 bits per heavy atom. The Morgan fingerprint density at radius 3 is 2.86 bits per heavy atom. The van der Waals surface area contributed by atoms with Crippen LogP contribution in [0.4, 0.5) is 0 Å². The lowest BCUT2D eigenvalue weighted by Crippen LogP contribution is -2.04. The molecule has 4 heteroatoms. The van der Waals surface area contributed by atoms with Gasteiger partial charge in [-0.25, -0.2) is 0 Å². The number of ether oxygens (including phenoxy) is 2.